The second kappa shape index (κ2) is 7.01. The van der Waals surface area contributed by atoms with Crippen LogP contribution >= 0.6 is 0 Å². The number of alkyl halides is 2. The van der Waals surface area contributed by atoms with E-state index in [-0.39, 0.29) is 17.1 Å². The van der Waals surface area contributed by atoms with Crippen molar-refractivity contribution in [1.29, 1.82) is 0 Å². The van der Waals surface area contributed by atoms with Gasteiger partial charge in [0.25, 0.3) is 0 Å². The summed E-state index contributed by atoms with van der Waals surface area (Å²) in [7, 11) is 2.28. The molecule has 1 aromatic carbocycles. The third kappa shape index (κ3) is 3.78. The van der Waals surface area contributed by atoms with Crippen molar-refractivity contribution in [2.75, 3.05) is 14.2 Å². The van der Waals surface area contributed by atoms with Gasteiger partial charge in [-0.15, -0.1) is 0 Å². The molecule has 112 valence electrons. The van der Waals surface area contributed by atoms with Crippen LogP contribution in [0.25, 0.3) is 0 Å². The number of methoxy groups -OCH3 is 2. The van der Waals surface area contributed by atoms with Crippen LogP contribution in [0.3, 0.4) is 0 Å². The number of rotatable bonds is 6. The molecule has 6 nitrogen and oxygen atoms in total. The summed E-state index contributed by atoms with van der Waals surface area (Å²) in [5, 5.41) is 19.3. The zero-order valence-corrected chi connectivity index (χ0v) is 10.7. The highest BCUT2D eigenvalue weighted by atomic mass is 19.3. The Morgan fingerprint density at radius 3 is 2.35 bits per heavy atom. The lowest BCUT2D eigenvalue weighted by Gasteiger charge is -2.18. The van der Waals surface area contributed by atoms with Crippen LogP contribution in [0.2, 0.25) is 0 Å². The Morgan fingerprint density at radius 1 is 1.20 bits per heavy atom. The molecule has 0 fully saturated rings. The predicted octanol–water partition coefficient (Wildman–Crippen LogP) is 0.864. The molecule has 1 aromatic rings. The van der Waals surface area contributed by atoms with E-state index in [1.807, 2.05) is 0 Å². The second-order valence-electron chi connectivity index (χ2n) is 3.70. The van der Waals surface area contributed by atoms with Crippen molar-refractivity contribution in [2.24, 2.45) is 0 Å². The minimum Gasteiger partial charge on any atom is -0.493 e. The van der Waals surface area contributed by atoms with Crippen LogP contribution in [-0.2, 0) is 9.53 Å². The van der Waals surface area contributed by atoms with Gasteiger partial charge in [0.1, 0.15) is 6.10 Å². The molecule has 0 aliphatic heterocycles. The van der Waals surface area contributed by atoms with Crippen molar-refractivity contribution >= 4 is 5.97 Å². The minimum absolute atomic E-state index is 0.0704. The number of halogens is 2. The van der Waals surface area contributed by atoms with Crippen LogP contribution in [0.4, 0.5) is 8.78 Å². The van der Waals surface area contributed by atoms with Gasteiger partial charge in [0.2, 0.25) is 0 Å². The molecule has 1 rings (SSSR count). The number of aliphatic hydroxyl groups excluding tert-OH is 2. The molecular formula is C12H14F2O6. The first-order valence-corrected chi connectivity index (χ1v) is 5.47. The SMILES string of the molecule is COC(=O)C(O)C(O)c1ccc(OC(F)F)c(OC)c1. The molecule has 2 unspecified atom stereocenters. The van der Waals surface area contributed by atoms with E-state index < -0.39 is 24.8 Å². The Bertz CT molecular complexity index is 465. The summed E-state index contributed by atoms with van der Waals surface area (Å²) >= 11 is 0. The number of carbonyl (C=O) groups is 1. The van der Waals surface area contributed by atoms with Gasteiger partial charge < -0.3 is 24.4 Å². The van der Waals surface area contributed by atoms with Crippen molar-refractivity contribution in [2.45, 2.75) is 18.8 Å². The number of ether oxygens (including phenoxy) is 3. The first-order valence-electron chi connectivity index (χ1n) is 5.47. The molecule has 0 aromatic heterocycles. The van der Waals surface area contributed by atoms with Crippen LogP contribution in [-0.4, -0.2) is 43.1 Å². The summed E-state index contributed by atoms with van der Waals surface area (Å²) < 4.78 is 37.6. The van der Waals surface area contributed by atoms with Gasteiger partial charge in [0.05, 0.1) is 14.2 Å². The van der Waals surface area contributed by atoms with E-state index in [1.165, 1.54) is 19.2 Å². The lowest BCUT2D eigenvalue weighted by Crippen LogP contribution is -2.29. The fraction of sp³-hybridized carbons (Fsp3) is 0.417. The standard InChI is InChI=1S/C12H14F2O6/c1-18-8-5-6(3-4-7(8)20-12(13)14)9(15)10(16)11(17)19-2/h3-5,9-10,12,15-16H,1-2H3. The highest BCUT2D eigenvalue weighted by Gasteiger charge is 2.27. The lowest BCUT2D eigenvalue weighted by molar-refractivity contribution is -0.156. The molecule has 0 aliphatic rings. The van der Waals surface area contributed by atoms with Gasteiger partial charge in [-0.25, -0.2) is 4.79 Å². The van der Waals surface area contributed by atoms with E-state index in [4.69, 9.17) is 4.74 Å². The van der Waals surface area contributed by atoms with Crippen LogP contribution in [0.5, 0.6) is 11.5 Å². The quantitative estimate of drug-likeness (QED) is 0.757. The van der Waals surface area contributed by atoms with Crippen LogP contribution in [0, 0.1) is 0 Å². The van der Waals surface area contributed by atoms with Crippen molar-refractivity contribution in [3.8, 4) is 11.5 Å². The Balaban J connectivity index is 3.00. The average Bonchev–Trinajstić information content (AvgIpc) is 2.44. The molecule has 0 saturated carbocycles. The van der Waals surface area contributed by atoms with Gasteiger partial charge in [-0.3, -0.25) is 0 Å². The van der Waals surface area contributed by atoms with Crippen LogP contribution in [0.15, 0.2) is 18.2 Å². The van der Waals surface area contributed by atoms with E-state index in [2.05, 4.69) is 9.47 Å². The fourth-order valence-corrected chi connectivity index (χ4v) is 1.49. The molecule has 0 heterocycles. The Hall–Kier alpha value is -1.93. The molecule has 0 amide bonds. The van der Waals surface area contributed by atoms with E-state index in [1.54, 1.807) is 0 Å². The van der Waals surface area contributed by atoms with Crippen molar-refractivity contribution in [3.63, 3.8) is 0 Å². The molecular weight excluding hydrogens is 278 g/mol. The zero-order valence-electron chi connectivity index (χ0n) is 10.7. The second-order valence-corrected chi connectivity index (χ2v) is 3.70. The molecule has 2 atom stereocenters. The summed E-state index contributed by atoms with van der Waals surface area (Å²) in [6.07, 6.45) is -3.39. The van der Waals surface area contributed by atoms with Gasteiger partial charge >= 0.3 is 12.6 Å². The molecule has 2 N–H and O–H groups in total. The number of carbonyl (C=O) groups excluding carboxylic acids is 1. The van der Waals surface area contributed by atoms with E-state index >= 15 is 0 Å². The van der Waals surface area contributed by atoms with Crippen molar-refractivity contribution in [1.82, 2.24) is 0 Å². The minimum atomic E-state index is -3.03. The molecule has 0 spiro atoms. The van der Waals surface area contributed by atoms with Gasteiger partial charge in [-0.2, -0.15) is 8.78 Å². The fourth-order valence-electron chi connectivity index (χ4n) is 1.49. The Labute approximate surface area is 113 Å². The number of hydrogen-bond donors (Lipinski definition) is 2. The monoisotopic (exact) mass is 292 g/mol. The first kappa shape index (κ1) is 16.1. The van der Waals surface area contributed by atoms with Crippen molar-refractivity contribution in [3.05, 3.63) is 23.8 Å². The molecule has 0 radical (unpaired) electrons. The van der Waals surface area contributed by atoms with Crippen LogP contribution < -0.4 is 9.47 Å². The highest BCUT2D eigenvalue weighted by molar-refractivity contribution is 5.75. The maximum Gasteiger partial charge on any atom is 0.387 e. The third-order valence-corrected chi connectivity index (χ3v) is 2.49. The molecule has 0 aliphatic carbocycles. The molecule has 8 heteroatoms. The number of hydrogen-bond acceptors (Lipinski definition) is 6. The van der Waals surface area contributed by atoms with E-state index in [0.29, 0.717) is 0 Å². The number of aliphatic hydroxyl groups is 2. The number of benzene rings is 1. The normalized spacial score (nSPS) is 13.8. The first-order chi connectivity index (χ1) is 9.40. The summed E-state index contributed by atoms with van der Waals surface area (Å²) in [4.78, 5) is 11.1. The number of esters is 1. The highest BCUT2D eigenvalue weighted by Crippen LogP contribution is 2.32. The van der Waals surface area contributed by atoms with Gasteiger partial charge in [0, 0.05) is 0 Å². The maximum atomic E-state index is 12.1. The zero-order chi connectivity index (χ0) is 15.3. The van der Waals surface area contributed by atoms with Gasteiger partial charge in [-0.05, 0) is 17.7 Å². The molecule has 20 heavy (non-hydrogen) atoms. The summed E-state index contributed by atoms with van der Waals surface area (Å²) in [6, 6.07) is 3.53. The topological polar surface area (TPSA) is 85.2 Å². The molecule has 0 saturated heterocycles. The van der Waals surface area contributed by atoms with E-state index in [9.17, 15) is 23.8 Å². The van der Waals surface area contributed by atoms with Gasteiger partial charge in [-0.1, -0.05) is 6.07 Å². The average molecular weight is 292 g/mol. The molecule has 0 bridgehead atoms. The third-order valence-electron chi connectivity index (χ3n) is 2.49. The smallest absolute Gasteiger partial charge is 0.387 e. The Morgan fingerprint density at radius 2 is 1.85 bits per heavy atom. The largest absolute Gasteiger partial charge is 0.493 e. The lowest BCUT2D eigenvalue weighted by atomic mass is 10.0. The summed E-state index contributed by atoms with van der Waals surface area (Å²) in [5.41, 5.74) is 0.0846. The van der Waals surface area contributed by atoms with Crippen LogP contribution in [0.1, 0.15) is 11.7 Å². The maximum absolute atomic E-state index is 12.1. The van der Waals surface area contributed by atoms with Crippen molar-refractivity contribution < 1.29 is 38.0 Å². The summed E-state index contributed by atoms with van der Waals surface area (Å²) in [6.45, 7) is -3.03. The van der Waals surface area contributed by atoms with Gasteiger partial charge in [0.15, 0.2) is 17.6 Å². The van der Waals surface area contributed by atoms with E-state index in [0.717, 1.165) is 13.2 Å². The Kier molecular flexibility index (Phi) is 5.66. The predicted molar refractivity (Wildman–Crippen MR) is 62.6 cm³/mol. The summed E-state index contributed by atoms with van der Waals surface area (Å²) in [5.74, 6) is -1.32.